The van der Waals surface area contributed by atoms with Crippen LogP contribution in [0.15, 0.2) is 58.3 Å². The van der Waals surface area contributed by atoms with E-state index in [2.05, 4.69) is 29.4 Å². The van der Waals surface area contributed by atoms with Gasteiger partial charge in [0.25, 0.3) is 0 Å². The van der Waals surface area contributed by atoms with Gasteiger partial charge in [-0.2, -0.15) is 0 Å². The van der Waals surface area contributed by atoms with E-state index in [4.69, 9.17) is 4.42 Å². The second-order valence-electron chi connectivity index (χ2n) is 8.11. The van der Waals surface area contributed by atoms with Gasteiger partial charge in [0.1, 0.15) is 11.6 Å². The molecule has 0 atom stereocenters. The summed E-state index contributed by atoms with van der Waals surface area (Å²) in [7, 11) is 0. The summed E-state index contributed by atoms with van der Waals surface area (Å²) >= 11 is 1.38. The lowest BCUT2D eigenvalue weighted by atomic mass is 10.2. The van der Waals surface area contributed by atoms with Crippen molar-refractivity contribution in [1.82, 2.24) is 24.6 Å². The number of urea groups is 1. The largest absolute Gasteiger partial charge is 0.467 e. The van der Waals surface area contributed by atoms with E-state index in [1.807, 2.05) is 47.0 Å². The first-order valence-electron chi connectivity index (χ1n) is 11.0. The number of benzene rings is 1. The van der Waals surface area contributed by atoms with Crippen LogP contribution in [0.2, 0.25) is 0 Å². The Bertz CT molecular complexity index is 1060. The summed E-state index contributed by atoms with van der Waals surface area (Å²) in [5.74, 6) is 2.17. The van der Waals surface area contributed by atoms with Crippen LogP contribution in [-0.4, -0.2) is 68.4 Å². The van der Waals surface area contributed by atoms with Crippen molar-refractivity contribution in [2.24, 2.45) is 0 Å². The van der Waals surface area contributed by atoms with Gasteiger partial charge in [-0.25, -0.2) is 4.79 Å². The van der Waals surface area contributed by atoms with Gasteiger partial charge in [-0.1, -0.05) is 43.8 Å². The van der Waals surface area contributed by atoms with Crippen molar-refractivity contribution in [2.45, 2.75) is 31.5 Å². The normalized spacial score (nSPS) is 14.0. The van der Waals surface area contributed by atoms with Gasteiger partial charge in [0.2, 0.25) is 5.91 Å². The molecule has 1 aliphatic rings. The molecule has 0 bridgehead atoms. The first kappa shape index (κ1) is 22.9. The molecule has 1 aliphatic heterocycles. The highest BCUT2D eigenvalue weighted by Gasteiger charge is 2.25. The summed E-state index contributed by atoms with van der Waals surface area (Å²) in [6, 6.07) is 13.0. The van der Waals surface area contributed by atoms with Crippen molar-refractivity contribution < 1.29 is 14.0 Å². The van der Waals surface area contributed by atoms with Crippen molar-refractivity contribution in [1.29, 1.82) is 0 Å². The summed E-state index contributed by atoms with van der Waals surface area (Å²) in [6.45, 7) is 6.68. The first-order valence-corrected chi connectivity index (χ1v) is 12.0. The SMILES string of the molecule is CC(C)c1nnc(SCC(=O)N2CCN(C(=O)Nc3ccccc3)CC2)n1Cc1ccco1. The molecule has 2 aromatic heterocycles. The number of hydrogen-bond donors (Lipinski definition) is 1. The Kier molecular flexibility index (Phi) is 7.33. The highest BCUT2D eigenvalue weighted by molar-refractivity contribution is 7.99. The number of aromatic nitrogens is 3. The number of nitrogens with one attached hydrogen (secondary N) is 1. The molecule has 1 fully saturated rings. The summed E-state index contributed by atoms with van der Waals surface area (Å²) < 4.78 is 7.49. The molecule has 9 nitrogen and oxygen atoms in total. The molecule has 3 heterocycles. The average Bonchev–Trinajstić information content (AvgIpc) is 3.48. The summed E-state index contributed by atoms with van der Waals surface area (Å²) in [5, 5.41) is 12.2. The van der Waals surface area contributed by atoms with E-state index in [-0.39, 0.29) is 23.6 Å². The molecular formula is C23H28N6O3S. The molecule has 0 aliphatic carbocycles. The lowest BCUT2D eigenvalue weighted by Gasteiger charge is -2.34. The Morgan fingerprint density at radius 3 is 2.42 bits per heavy atom. The van der Waals surface area contributed by atoms with Crippen molar-refractivity contribution in [3.05, 3.63) is 60.3 Å². The van der Waals surface area contributed by atoms with Crippen LogP contribution >= 0.6 is 11.8 Å². The van der Waals surface area contributed by atoms with Crippen LogP contribution in [0.5, 0.6) is 0 Å². The Morgan fingerprint density at radius 2 is 1.76 bits per heavy atom. The van der Waals surface area contributed by atoms with Gasteiger partial charge in [-0.3, -0.25) is 9.36 Å². The minimum atomic E-state index is -0.144. The van der Waals surface area contributed by atoms with E-state index in [0.29, 0.717) is 37.9 Å². The molecule has 1 saturated heterocycles. The maximum Gasteiger partial charge on any atom is 0.321 e. The molecule has 0 radical (unpaired) electrons. The Hall–Kier alpha value is -3.27. The monoisotopic (exact) mass is 468 g/mol. The molecule has 3 aromatic rings. The molecule has 4 rings (SSSR count). The second kappa shape index (κ2) is 10.6. The fraction of sp³-hybridized carbons (Fsp3) is 0.391. The third kappa shape index (κ3) is 5.75. The number of carbonyl (C=O) groups excluding carboxylic acids is 2. The van der Waals surface area contributed by atoms with Crippen molar-refractivity contribution in [2.75, 3.05) is 37.2 Å². The number of piperazine rings is 1. The standard InChI is InChI=1S/C23H28N6O3S/c1-17(2)21-25-26-23(29(21)15-19-9-6-14-32-19)33-16-20(30)27-10-12-28(13-11-27)22(31)24-18-7-4-3-5-8-18/h3-9,14,17H,10-13,15-16H2,1-2H3,(H,24,31). The molecule has 3 amide bonds. The zero-order valence-electron chi connectivity index (χ0n) is 18.8. The number of para-hydroxylation sites is 1. The third-order valence-electron chi connectivity index (χ3n) is 5.43. The molecule has 174 valence electrons. The molecule has 1 aromatic carbocycles. The first-order chi connectivity index (χ1) is 16.0. The Morgan fingerprint density at radius 1 is 1.03 bits per heavy atom. The number of amides is 3. The van der Waals surface area contributed by atoms with Crippen LogP contribution in [0.3, 0.4) is 0 Å². The molecule has 1 N–H and O–H groups in total. The number of furan rings is 1. The van der Waals surface area contributed by atoms with Crippen molar-refractivity contribution >= 4 is 29.4 Å². The van der Waals surface area contributed by atoms with E-state index >= 15 is 0 Å². The maximum absolute atomic E-state index is 12.8. The second-order valence-corrected chi connectivity index (χ2v) is 9.06. The molecular weight excluding hydrogens is 440 g/mol. The zero-order valence-corrected chi connectivity index (χ0v) is 19.6. The predicted molar refractivity (Wildman–Crippen MR) is 126 cm³/mol. The fourth-order valence-corrected chi connectivity index (χ4v) is 4.49. The van der Waals surface area contributed by atoms with Crippen LogP contribution < -0.4 is 5.32 Å². The highest BCUT2D eigenvalue weighted by atomic mass is 32.2. The number of rotatable bonds is 7. The van der Waals surface area contributed by atoms with E-state index in [1.54, 1.807) is 16.1 Å². The number of anilines is 1. The summed E-state index contributed by atoms with van der Waals surface area (Å²) in [6.07, 6.45) is 1.64. The van der Waals surface area contributed by atoms with Gasteiger partial charge in [0.15, 0.2) is 5.16 Å². The zero-order chi connectivity index (χ0) is 23.2. The molecule has 0 unspecified atom stereocenters. The van der Waals surface area contributed by atoms with E-state index in [9.17, 15) is 9.59 Å². The van der Waals surface area contributed by atoms with Gasteiger partial charge >= 0.3 is 6.03 Å². The van der Waals surface area contributed by atoms with Crippen LogP contribution in [0.1, 0.15) is 31.4 Å². The minimum absolute atomic E-state index is 0.0294. The van der Waals surface area contributed by atoms with Gasteiger partial charge in [0, 0.05) is 37.8 Å². The summed E-state index contributed by atoms with van der Waals surface area (Å²) in [5.41, 5.74) is 0.761. The topological polar surface area (TPSA) is 96.5 Å². The number of hydrogen-bond acceptors (Lipinski definition) is 6. The Balaban J connectivity index is 1.30. The van der Waals surface area contributed by atoms with Crippen LogP contribution in [0.4, 0.5) is 10.5 Å². The average molecular weight is 469 g/mol. The minimum Gasteiger partial charge on any atom is -0.467 e. The lowest BCUT2D eigenvalue weighted by molar-refractivity contribution is -0.129. The van der Waals surface area contributed by atoms with E-state index in [0.717, 1.165) is 17.3 Å². The molecule has 0 saturated carbocycles. The van der Waals surface area contributed by atoms with Crippen molar-refractivity contribution in [3.8, 4) is 0 Å². The maximum atomic E-state index is 12.8. The van der Waals surface area contributed by atoms with E-state index < -0.39 is 0 Å². The van der Waals surface area contributed by atoms with Crippen LogP contribution in [0.25, 0.3) is 0 Å². The number of nitrogens with zero attached hydrogens (tertiary/aromatic N) is 5. The predicted octanol–water partition coefficient (Wildman–Crippen LogP) is 3.51. The quantitative estimate of drug-likeness (QED) is 0.533. The van der Waals surface area contributed by atoms with Crippen molar-refractivity contribution in [3.63, 3.8) is 0 Å². The number of thioether (sulfide) groups is 1. The van der Waals surface area contributed by atoms with Gasteiger partial charge in [-0.15, -0.1) is 10.2 Å². The van der Waals surface area contributed by atoms with Gasteiger partial charge in [-0.05, 0) is 24.3 Å². The molecule has 33 heavy (non-hydrogen) atoms. The van der Waals surface area contributed by atoms with Gasteiger partial charge in [0.05, 0.1) is 18.6 Å². The molecule has 10 heteroatoms. The third-order valence-corrected chi connectivity index (χ3v) is 6.38. The number of carbonyl (C=O) groups is 2. The fourth-order valence-electron chi connectivity index (χ4n) is 3.64. The summed E-state index contributed by atoms with van der Waals surface area (Å²) in [4.78, 5) is 28.8. The van der Waals surface area contributed by atoms with Crippen LogP contribution in [-0.2, 0) is 11.3 Å². The highest BCUT2D eigenvalue weighted by Crippen LogP contribution is 2.23. The molecule has 0 spiro atoms. The van der Waals surface area contributed by atoms with Gasteiger partial charge < -0.3 is 19.5 Å². The Labute approximate surface area is 197 Å². The van der Waals surface area contributed by atoms with Crippen LogP contribution in [0, 0.1) is 0 Å². The van der Waals surface area contributed by atoms with E-state index in [1.165, 1.54) is 11.8 Å². The lowest BCUT2D eigenvalue weighted by Crippen LogP contribution is -2.52. The smallest absolute Gasteiger partial charge is 0.321 e.